The number of fused-ring (bicyclic) bond motifs is 7. The Bertz CT molecular complexity index is 3110. The van der Waals surface area contributed by atoms with Crippen molar-refractivity contribution in [1.29, 1.82) is 0 Å². The summed E-state index contributed by atoms with van der Waals surface area (Å²) in [6, 6.07) is 47.8. The predicted molar refractivity (Wildman–Crippen MR) is 218 cm³/mol. The van der Waals surface area contributed by atoms with Crippen molar-refractivity contribution in [1.82, 2.24) is 15.0 Å². The van der Waals surface area contributed by atoms with E-state index in [1.165, 1.54) is 0 Å². The number of hydrogen-bond donors (Lipinski definition) is 0. The van der Waals surface area contributed by atoms with E-state index in [0.29, 0.717) is 17.5 Å². The van der Waals surface area contributed by atoms with E-state index in [2.05, 4.69) is 117 Å². The van der Waals surface area contributed by atoms with Crippen molar-refractivity contribution in [3.05, 3.63) is 169 Å². The minimum Gasteiger partial charge on any atom is -0.456 e. The Hall–Kier alpha value is -7.11. The average molecular weight is 682 g/mol. The lowest BCUT2D eigenvalue weighted by Crippen LogP contribution is -2.01. The van der Waals surface area contributed by atoms with Crippen LogP contribution >= 0.6 is 0 Å². The van der Waals surface area contributed by atoms with E-state index in [1.807, 2.05) is 48.5 Å². The van der Waals surface area contributed by atoms with Gasteiger partial charge in [0.25, 0.3) is 0 Å². The Balaban J connectivity index is 1.21. The third kappa shape index (κ3) is 5.13. The summed E-state index contributed by atoms with van der Waals surface area (Å²) in [6.07, 6.45) is 5.78. The molecular weight excluding hydrogens is 651 g/mol. The maximum absolute atomic E-state index is 6.76. The van der Waals surface area contributed by atoms with Gasteiger partial charge in [-0.25, -0.2) is 15.0 Å². The van der Waals surface area contributed by atoms with Crippen molar-refractivity contribution < 1.29 is 8.83 Å². The highest BCUT2D eigenvalue weighted by atomic mass is 16.3. The number of nitrogens with zero attached hydrogens (tertiary/aromatic N) is 3. The van der Waals surface area contributed by atoms with Gasteiger partial charge in [0, 0.05) is 43.8 Å². The molecule has 0 saturated heterocycles. The van der Waals surface area contributed by atoms with Gasteiger partial charge in [0.15, 0.2) is 17.5 Å². The Morgan fingerprint density at radius 3 is 1.98 bits per heavy atom. The molecule has 0 fully saturated rings. The number of rotatable bonds is 6. The molecule has 7 aromatic carbocycles. The molecule has 53 heavy (non-hydrogen) atoms. The standard InChI is InChI=1S/C48H31N3O2/c1-3-4-12-31-27-33(24-23-29(31)2)46-49-47(34-26-25-30-13-5-6-14-32(30)28-34)51-48(50-46)39-19-11-22-42-44(39)38-18-9-17-36(45(38)53-42)35-16-10-21-41-43(35)37-15-7-8-20-40(37)52-41/h3-28H,1H2,2H3/b12-4-. The molecule has 3 aromatic heterocycles. The monoisotopic (exact) mass is 681 g/mol. The van der Waals surface area contributed by atoms with Crippen LogP contribution in [0.15, 0.2) is 167 Å². The molecule has 10 rings (SSSR count). The van der Waals surface area contributed by atoms with Gasteiger partial charge >= 0.3 is 0 Å². The van der Waals surface area contributed by atoms with Crippen LogP contribution in [0.5, 0.6) is 0 Å². The average Bonchev–Trinajstić information content (AvgIpc) is 3.79. The number of furan rings is 2. The van der Waals surface area contributed by atoms with Gasteiger partial charge in [-0.05, 0) is 64.7 Å². The first kappa shape index (κ1) is 30.7. The van der Waals surface area contributed by atoms with E-state index in [4.69, 9.17) is 23.8 Å². The first-order valence-electron chi connectivity index (χ1n) is 17.6. The molecule has 0 aliphatic rings. The molecular formula is C48H31N3O2. The molecule has 0 aliphatic carbocycles. The number of para-hydroxylation sites is 2. The van der Waals surface area contributed by atoms with Crippen LogP contribution in [0.3, 0.4) is 0 Å². The third-order valence-corrected chi connectivity index (χ3v) is 10.0. The van der Waals surface area contributed by atoms with Gasteiger partial charge in [-0.1, -0.05) is 134 Å². The molecule has 0 N–H and O–H groups in total. The Morgan fingerprint density at radius 1 is 0.509 bits per heavy atom. The first-order chi connectivity index (χ1) is 26.1. The lowest BCUT2D eigenvalue weighted by Gasteiger charge is -2.11. The molecule has 5 heteroatoms. The minimum absolute atomic E-state index is 0.573. The largest absolute Gasteiger partial charge is 0.456 e. The summed E-state index contributed by atoms with van der Waals surface area (Å²) >= 11 is 0. The van der Waals surface area contributed by atoms with E-state index >= 15 is 0 Å². The summed E-state index contributed by atoms with van der Waals surface area (Å²) in [5.74, 6) is 1.77. The van der Waals surface area contributed by atoms with Crippen molar-refractivity contribution in [3.8, 4) is 45.3 Å². The molecule has 0 radical (unpaired) electrons. The molecule has 3 heterocycles. The Morgan fingerprint density at radius 2 is 1.13 bits per heavy atom. The summed E-state index contributed by atoms with van der Waals surface area (Å²) < 4.78 is 13.0. The van der Waals surface area contributed by atoms with Gasteiger partial charge in [-0.15, -0.1) is 0 Å². The van der Waals surface area contributed by atoms with Crippen molar-refractivity contribution in [2.75, 3.05) is 0 Å². The first-order valence-corrected chi connectivity index (χ1v) is 17.6. The van der Waals surface area contributed by atoms with E-state index in [-0.39, 0.29) is 0 Å². The topological polar surface area (TPSA) is 65.0 Å². The fourth-order valence-electron chi connectivity index (χ4n) is 7.46. The molecule has 0 amide bonds. The van der Waals surface area contributed by atoms with Gasteiger partial charge in [0.1, 0.15) is 22.3 Å². The quantitative estimate of drug-likeness (QED) is 0.163. The van der Waals surface area contributed by atoms with Gasteiger partial charge in [0.2, 0.25) is 0 Å². The SMILES string of the molecule is C=C/C=C\c1cc(-c2nc(-c3ccc4ccccc4c3)nc(-c3cccc4oc5c(-c6cccc7oc8ccccc8c67)cccc5c34)n2)ccc1C. The van der Waals surface area contributed by atoms with E-state index in [0.717, 1.165) is 93.6 Å². The van der Waals surface area contributed by atoms with Gasteiger partial charge in [-0.2, -0.15) is 0 Å². The number of aryl methyl sites for hydroxylation is 1. The highest BCUT2D eigenvalue weighted by Crippen LogP contribution is 2.43. The molecule has 0 saturated carbocycles. The van der Waals surface area contributed by atoms with Crippen LogP contribution in [0.2, 0.25) is 0 Å². The fraction of sp³-hybridized carbons (Fsp3) is 0.0208. The van der Waals surface area contributed by atoms with Crippen molar-refractivity contribution in [2.24, 2.45) is 0 Å². The van der Waals surface area contributed by atoms with E-state index in [9.17, 15) is 0 Å². The molecule has 250 valence electrons. The molecule has 5 nitrogen and oxygen atoms in total. The van der Waals surface area contributed by atoms with E-state index < -0.39 is 0 Å². The van der Waals surface area contributed by atoms with Crippen LogP contribution in [-0.2, 0) is 0 Å². The van der Waals surface area contributed by atoms with Crippen LogP contribution < -0.4 is 0 Å². The van der Waals surface area contributed by atoms with Gasteiger partial charge in [0.05, 0.1) is 0 Å². The van der Waals surface area contributed by atoms with E-state index in [1.54, 1.807) is 6.08 Å². The maximum atomic E-state index is 6.76. The summed E-state index contributed by atoms with van der Waals surface area (Å²) in [5, 5.41) is 6.36. The molecule has 0 atom stereocenters. The third-order valence-electron chi connectivity index (χ3n) is 10.0. The molecule has 0 spiro atoms. The number of benzene rings is 7. The Labute approximate surface area is 305 Å². The zero-order valence-corrected chi connectivity index (χ0v) is 28.9. The number of allylic oxidation sites excluding steroid dienone is 2. The molecule has 0 bridgehead atoms. The fourth-order valence-corrected chi connectivity index (χ4v) is 7.46. The summed E-state index contributed by atoms with van der Waals surface area (Å²) in [4.78, 5) is 15.4. The molecule has 0 aliphatic heterocycles. The maximum Gasteiger partial charge on any atom is 0.164 e. The number of hydrogen-bond acceptors (Lipinski definition) is 5. The normalized spacial score (nSPS) is 11.9. The molecule has 10 aromatic rings. The van der Waals surface area contributed by atoms with Crippen LogP contribution in [0.1, 0.15) is 11.1 Å². The second-order valence-corrected chi connectivity index (χ2v) is 13.3. The second-order valence-electron chi connectivity index (χ2n) is 13.3. The zero-order chi connectivity index (χ0) is 35.5. The predicted octanol–water partition coefficient (Wildman–Crippen LogP) is 13.0. The van der Waals surface area contributed by atoms with Crippen LogP contribution in [-0.4, -0.2) is 15.0 Å². The van der Waals surface area contributed by atoms with Crippen LogP contribution in [0.4, 0.5) is 0 Å². The van der Waals surface area contributed by atoms with Crippen molar-refractivity contribution >= 4 is 60.7 Å². The highest BCUT2D eigenvalue weighted by molar-refractivity contribution is 6.19. The van der Waals surface area contributed by atoms with Gasteiger partial charge < -0.3 is 8.83 Å². The lowest BCUT2D eigenvalue weighted by molar-refractivity contribution is 0.668. The summed E-state index contributed by atoms with van der Waals surface area (Å²) in [7, 11) is 0. The van der Waals surface area contributed by atoms with Crippen LogP contribution in [0.25, 0.3) is 106 Å². The summed E-state index contributed by atoms with van der Waals surface area (Å²) in [5.41, 5.74) is 10.2. The second kappa shape index (κ2) is 12.3. The zero-order valence-electron chi connectivity index (χ0n) is 28.9. The Kier molecular flexibility index (Phi) is 7.12. The molecule has 0 unspecified atom stereocenters. The smallest absolute Gasteiger partial charge is 0.164 e. The van der Waals surface area contributed by atoms with Crippen molar-refractivity contribution in [2.45, 2.75) is 6.92 Å². The summed E-state index contributed by atoms with van der Waals surface area (Å²) in [6.45, 7) is 5.95. The van der Waals surface area contributed by atoms with Crippen molar-refractivity contribution in [3.63, 3.8) is 0 Å². The number of aromatic nitrogens is 3. The highest BCUT2D eigenvalue weighted by Gasteiger charge is 2.21. The lowest BCUT2D eigenvalue weighted by atomic mass is 9.97. The minimum atomic E-state index is 0.573. The van der Waals surface area contributed by atoms with Gasteiger partial charge in [-0.3, -0.25) is 0 Å². The van der Waals surface area contributed by atoms with Crippen LogP contribution in [0, 0.1) is 6.92 Å².